The molecule has 0 unspecified atom stereocenters. The maximum absolute atomic E-state index is 12.4. The van der Waals surface area contributed by atoms with Crippen LogP contribution in [0.1, 0.15) is 70.6 Å². The van der Waals surface area contributed by atoms with E-state index >= 15 is 0 Å². The summed E-state index contributed by atoms with van der Waals surface area (Å²) in [6.45, 7) is 7.85. The van der Waals surface area contributed by atoms with Gasteiger partial charge in [0.15, 0.2) is 5.82 Å². The van der Waals surface area contributed by atoms with E-state index in [0.29, 0.717) is 11.8 Å². The van der Waals surface area contributed by atoms with Crippen molar-refractivity contribution >= 4 is 6.03 Å². The van der Waals surface area contributed by atoms with Crippen LogP contribution in [0, 0.1) is 5.92 Å². The standard InChI is InChI=1S/C16H28N4O2/c1-4-5-9-17-16(21)20-10-7-6-8-13(20)15-18-14(19-22-15)11-12(2)3/h12-13H,4-11H2,1-3H3,(H,17,21)/t13-/m1/s1. The molecule has 6 heteroatoms. The number of carbonyl (C=O) groups is 1. The number of nitrogens with one attached hydrogen (secondary N) is 1. The molecule has 2 rings (SSSR count). The Morgan fingerprint density at radius 3 is 3.00 bits per heavy atom. The van der Waals surface area contributed by atoms with E-state index in [1.807, 2.05) is 4.90 Å². The van der Waals surface area contributed by atoms with E-state index < -0.39 is 0 Å². The number of unbranched alkanes of at least 4 members (excludes halogenated alkanes) is 1. The van der Waals surface area contributed by atoms with Gasteiger partial charge >= 0.3 is 6.03 Å². The minimum absolute atomic E-state index is 0.0123. The third kappa shape index (κ3) is 4.45. The Morgan fingerprint density at radius 1 is 1.45 bits per heavy atom. The van der Waals surface area contributed by atoms with E-state index in [1.54, 1.807) is 0 Å². The van der Waals surface area contributed by atoms with Crippen LogP contribution in [0.15, 0.2) is 4.52 Å². The molecule has 1 aliphatic heterocycles. The Bertz CT molecular complexity index is 472. The fraction of sp³-hybridized carbons (Fsp3) is 0.812. The second kappa shape index (κ2) is 8.15. The lowest BCUT2D eigenvalue weighted by Crippen LogP contribution is -2.45. The lowest BCUT2D eigenvalue weighted by Gasteiger charge is -2.33. The predicted octanol–water partition coefficient (Wildman–Crippen LogP) is 3.30. The van der Waals surface area contributed by atoms with Crippen LogP contribution >= 0.6 is 0 Å². The van der Waals surface area contributed by atoms with Crippen molar-refractivity contribution in [3.05, 3.63) is 11.7 Å². The Balaban J connectivity index is 2.02. The van der Waals surface area contributed by atoms with Crippen LogP contribution in [0.4, 0.5) is 4.79 Å². The molecule has 1 N–H and O–H groups in total. The molecule has 124 valence electrons. The molecule has 2 amide bonds. The van der Waals surface area contributed by atoms with Gasteiger partial charge in [-0.05, 0) is 31.6 Å². The topological polar surface area (TPSA) is 71.3 Å². The second-order valence-corrected chi connectivity index (χ2v) is 6.44. The van der Waals surface area contributed by atoms with Gasteiger partial charge in [-0.15, -0.1) is 0 Å². The van der Waals surface area contributed by atoms with E-state index in [2.05, 4.69) is 36.2 Å². The second-order valence-electron chi connectivity index (χ2n) is 6.44. The SMILES string of the molecule is CCCCNC(=O)N1CCCC[C@@H]1c1nc(CC(C)C)no1. The number of carbonyl (C=O) groups excluding carboxylic acids is 1. The van der Waals surface area contributed by atoms with Gasteiger partial charge in [0.2, 0.25) is 5.89 Å². The van der Waals surface area contributed by atoms with Gasteiger partial charge in [-0.2, -0.15) is 4.98 Å². The van der Waals surface area contributed by atoms with Crippen LogP contribution < -0.4 is 5.32 Å². The van der Waals surface area contributed by atoms with Gasteiger partial charge < -0.3 is 14.7 Å². The predicted molar refractivity (Wildman–Crippen MR) is 84.4 cm³/mol. The maximum Gasteiger partial charge on any atom is 0.318 e. The molecule has 1 aliphatic rings. The molecule has 6 nitrogen and oxygen atoms in total. The number of piperidine rings is 1. The first-order chi connectivity index (χ1) is 10.6. The minimum atomic E-state index is -0.0798. The zero-order valence-corrected chi connectivity index (χ0v) is 14.0. The Hall–Kier alpha value is -1.59. The summed E-state index contributed by atoms with van der Waals surface area (Å²) < 4.78 is 5.43. The first-order valence-electron chi connectivity index (χ1n) is 8.48. The lowest BCUT2D eigenvalue weighted by atomic mass is 10.0. The molecule has 1 saturated heterocycles. The largest absolute Gasteiger partial charge is 0.338 e. The van der Waals surface area contributed by atoms with Crippen molar-refractivity contribution in [1.82, 2.24) is 20.4 Å². The van der Waals surface area contributed by atoms with Crippen molar-refractivity contribution in [3.8, 4) is 0 Å². The quantitative estimate of drug-likeness (QED) is 0.818. The molecule has 0 saturated carbocycles. The number of nitrogens with zero attached hydrogens (tertiary/aromatic N) is 3. The Kier molecular flexibility index (Phi) is 6.21. The highest BCUT2D eigenvalue weighted by molar-refractivity contribution is 5.74. The Morgan fingerprint density at radius 2 is 2.27 bits per heavy atom. The van der Waals surface area contributed by atoms with E-state index in [1.165, 1.54) is 0 Å². The fourth-order valence-electron chi connectivity index (χ4n) is 2.76. The molecule has 0 aliphatic carbocycles. The first kappa shape index (κ1) is 16.8. The number of rotatable bonds is 6. The summed E-state index contributed by atoms with van der Waals surface area (Å²) in [5, 5.41) is 7.05. The summed E-state index contributed by atoms with van der Waals surface area (Å²) in [6.07, 6.45) is 5.90. The lowest BCUT2D eigenvalue weighted by molar-refractivity contribution is 0.132. The number of aromatic nitrogens is 2. The van der Waals surface area contributed by atoms with Gasteiger partial charge in [0.05, 0.1) is 0 Å². The Labute approximate surface area is 132 Å². The highest BCUT2D eigenvalue weighted by Gasteiger charge is 2.32. The van der Waals surface area contributed by atoms with Gasteiger partial charge in [0.1, 0.15) is 6.04 Å². The van der Waals surface area contributed by atoms with E-state index in [9.17, 15) is 4.79 Å². The number of hydrogen-bond donors (Lipinski definition) is 1. The fourth-order valence-corrected chi connectivity index (χ4v) is 2.76. The number of urea groups is 1. The molecule has 0 aromatic carbocycles. The number of hydrogen-bond acceptors (Lipinski definition) is 4. The van der Waals surface area contributed by atoms with Crippen molar-refractivity contribution in [1.29, 1.82) is 0 Å². The zero-order valence-electron chi connectivity index (χ0n) is 14.0. The van der Waals surface area contributed by atoms with Crippen molar-refractivity contribution < 1.29 is 9.32 Å². The van der Waals surface area contributed by atoms with Gasteiger partial charge in [-0.1, -0.05) is 32.3 Å². The average Bonchev–Trinajstić information content (AvgIpc) is 2.95. The monoisotopic (exact) mass is 308 g/mol. The molecule has 1 atom stereocenters. The van der Waals surface area contributed by atoms with Crippen LogP contribution in [0.25, 0.3) is 0 Å². The highest BCUT2D eigenvalue weighted by atomic mass is 16.5. The van der Waals surface area contributed by atoms with Crippen LogP contribution in [-0.4, -0.2) is 34.2 Å². The molecule has 0 bridgehead atoms. The smallest absolute Gasteiger partial charge is 0.318 e. The number of amides is 2. The average molecular weight is 308 g/mol. The summed E-state index contributed by atoms with van der Waals surface area (Å²) in [5.41, 5.74) is 0. The molecule has 0 spiro atoms. The van der Waals surface area contributed by atoms with Crippen LogP contribution in [0.3, 0.4) is 0 Å². The van der Waals surface area contributed by atoms with Crippen LogP contribution in [0.5, 0.6) is 0 Å². The van der Waals surface area contributed by atoms with E-state index in [-0.39, 0.29) is 12.1 Å². The molecule has 2 heterocycles. The summed E-state index contributed by atoms with van der Waals surface area (Å²) in [4.78, 5) is 18.7. The minimum Gasteiger partial charge on any atom is -0.338 e. The van der Waals surface area contributed by atoms with E-state index in [4.69, 9.17) is 4.52 Å². The molecule has 1 aromatic heterocycles. The molecule has 0 radical (unpaired) electrons. The molecule has 1 aromatic rings. The maximum atomic E-state index is 12.4. The molecule has 1 fully saturated rings. The van der Waals surface area contributed by atoms with Gasteiger partial charge in [-0.3, -0.25) is 0 Å². The van der Waals surface area contributed by atoms with Gasteiger partial charge in [-0.25, -0.2) is 4.79 Å². The summed E-state index contributed by atoms with van der Waals surface area (Å²) >= 11 is 0. The third-order valence-corrected chi connectivity index (χ3v) is 3.93. The number of likely N-dealkylation sites (tertiary alicyclic amines) is 1. The molecular formula is C16H28N4O2. The van der Waals surface area contributed by atoms with Crippen molar-refractivity contribution in [2.24, 2.45) is 5.92 Å². The van der Waals surface area contributed by atoms with Crippen molar-refractivity contribution in [2.75, 3.05) is 13.1 Å². The van der Waals surface area contributed by atoms with Gasteiger partial charge in [0.25, 0.3) is 0 Å². The molecular weight excluding hydrogens is 280 g/mol. The summed E-state index contributed by atoms with van der Waals surface area (Å²) in [5.74, 6) is 1.81. The summed E-state index contributed by atoms with van der Waals surface area (Å²) in [7, 11) is 0. The van der Waals surface area contributed by atoms with E-state index in [0.717, 1.165) is 57.4 Å². The van der Waals surface area contributed by atoms with Crippen molar-refractivity contribution in [2.45, 2.75) is 65.3 Å². The zero-order chi connectivity index (χ0) is 15.9. The third-order valence-electron chi connectivity index (χ3n) is 3.93. The normalized spacial score (nSPS) is 18.7. The van der Waals surface area contributed by atoms with Gasteiger partial charge in [0, 0.05) is 19.5 Å². The van der Waals surface area contributed by atoms with Crippen LogP contribution in [0.2, 0.25) is 0 Å². The first-order valence-corrected chi connectivity index (χ1v) is 8.48. The highest BCUT2D eigenvalue weighted by Crippen LogP contribution is 2.30. The summed E-state index contributed by atoms with van der Waals surface area (Å²) in [6, 6.07) is -0.0921. The molecule has 22 heavy (non-hydrogen) atoms. The van der Waals surface area contributed by atoms with Crippen LogP contribution in [-0.2, 0) is 6.42 Å². The van der Waals surface area contributed by atoms with Crippen molar-refractivity contribution in [3.63, 3.8) is 0 Å².